The van der Waals surface area contributed by atoms with Gasteiger partial charge in [0.1, 0.15) is 22.6 Å². The van der Waals surface area contributed by atoms with Gasteiger partial charge < -0.3 is 14.2 Å². The molecule has 0 aliphatic carbocycles. The molecule has 4 rings (SSSR count). The Kier molecular flexibility index (Phi) is 4.83. The van der Waals surface area contributed by atoms with Crippen molar-refractivity contribution in [2.24, 2.45) is 7.05 Å². The molecule has 0 saturated carbocycles. The van der Waals surface area contributed by atoms with Crippen LogP contribution in [0.2, 0.25) is 0 Å². The zero-order valence-corrected chi connectivity index (χ0v) is 16.3. The maximum absolute atomic E-state index is 13.0. The van der Waals surface area contributed by atoms with Crippen LogP contribution in [0.5, 0.6) is 11.5 Å². The lowest BCUT2D eigenvalue weighted by atomic mass is 10.1. The lowest BCUT2D eigenvalue weighted by Gasteiger charge is -2.38. The van der Waals surface area contributed by atoms with Crippen LogP contribution < -0.4 is 4.74 Å². The van der Waals surface area contributed by atoms with E-state index in [1.807, 2.05) is 0 Å². The number of hydrogen-bond acceptors (Lipinski definition) is 5. The molecule has 150 valence electrons. The number of sulfone groups is 1. The molecule has 1 fully saturated rings. The van der Waals surface area contributed by atoms with Gasteiger partial charge in [-0.15, -0.1) is 0 Å². The second-order valence-corrected chi connectivity index (χ2v) is 8.90. The predicted molar refractivity (Wildman–Crippen MR) is 103 cm³/mol. The summed E-state index contributed by atoms with van der Waals surface area (Å²) in [6.07, 6.45) is 3.00. The Morgan fingerprint density at radius 2 is 1.86 bits per heavy atom. The Morgan fingerprint density at radius 3 is 2.52 bits per heavy atom. The summed E-state index contributed by atoms with van der Waals surface area (Å²) in [4.78, 5) is 18.1. The van der Waals surface area contributed by atoms with E-state index in [4.69, 9.17) is 4.74 Å². The fourth-order valence-electron chi connectivity index (χ4n) is 3.09. The van der Waals surface area contributed by atoms with Crippen molar-refractivity contribution in [3.63, 3.8) is 0 Å². The average molecular weight is 415 g/mol. The third-order valence-corrected chi connectivity index (χ3v) is 6.81. The molecule has 3 aromatic rings. The molecular formula is C20H18FN3O4S. The number of carbonyl (C=O) groups is 1. The van der Waals surface area contributed by atoms with E-state index in [0.29, 0.717) is 17.1 Å². The highest BCUT2D eigenvalue weighted by Gasteiger charge is 2.42. The van der Waals surface area contributed by atoms with Crippen molar-refractivity contribution in [1.82, 2.24) is 14.5 Å². The van der Waals surface area contributed by atoms with Crippen LogP contribution in [0.25, 0.3) is 0 Å². The minimum absolute atomic E-state index is 0.00398. The molecule has 1 saturated heterocycles. The van der Waals surface area contributed by atoms with Crippen LogP contribution in [0.1, 0.15) is 10.4 Å². The molecule has 7 nitrogen and oxygen atoms in total. The number of likely N-dealkylation sites (tertiary alicyclic amines) is 1. The first-order chi connectivity index (χ1) is 13.8. The second-order valence-electron chi connectivity index (χ2n) is 6.78. The van der Waals surface area contributed by atoms with Crippen LogP contribution in [0.4, 0.5) is 4.39 Å². The smallest absolute Gasteiger partial charge is 0.254 e. The van der Waals surface area contributed by atoms with Gasteiger partial charge in [-0.05, 0) is 42.5 Å². The van der Waals surface area contributed by atoms with Crippen molar-refractivity contribution in [3.8, 4) is 11.5 Å². The first-order valence-corrected chi connectivity index (χ1v) is 10.4. The number of nitrogens with zero attached hydrogens (tertiary/aromatic N) is 3. The van der Waals surface area contributed by atoms with E-state index < -0.39 is 15.1 Å². The minimum atomic E-state index is -3.59. The van der Waals surface area contributed by atoms with Gasteiger partial charge in [-0.2, -0.15) is 0 Å². The number of aromatic nitrogens is 2. The maximum atomic E-state index is 13.0. The predicted octanol–water partition coefficient (Wildman–Crippen LogP) is 2.65. The highest BCUT2D eigenvalue weighted by Crippen LogP contribution is 2.26. The number of halogens is 1. The zero-order valence-electron chi connectivity index (χ0n) is 15.5. The summed E-state index contributed by atoms with van der Waals surface area (Å²) < 4.78 is 45.3. The van der Waals surface area contributed by atoms with Crippen molar-refractivity contribution in [3.05, 3.63) is 72.3 Å². The molecule has 1 amide bonds. The summed E-state index contributed by atoms with van der Waals surface area (Å²) in [6, 6.07) is 12.1. The Hall–Kier alpha value is -3.20. The number of rotatable bonds is 5. The average Bonchev–Trinajstić information content (AvgIpc) is 3.09. The SMILES string of the molecule is Cn1ccnc1S(=O)(=O)C1CN(C(=O)c2cccc(Oc3ccc(F)cc3)c2)C1. The van der Waals surface area contributed by atoms with E-state index >= 15 is 0 Å². The van der Waals surface area contributed by atoms with Crippen LogP contribution in [-0.2, 0) is 16.9 Å². The zero-order chi connectivity index (χ0) is 20.6. The molecule has 1 aliphatic rings. The van der Waals surface area contributed by atoms with Gasteiger partial charge in [0.05, 0.1) is 0 Å². The van der Waals surface area contributed by atoms with Gasteiger partial charge in [0.25, 0.3) is 5.91 Å². The monoisotopic (exact) mass is 415 g/mol. The summed E-state index contributed by atoms with van der Waals surface area (Å²) in [7, 11) is -1.97. The second kappa shape index (κ2) is 7.32. The van der Waals surface area contributed by atoms with Crippen LogP contribution in [0.15, 0.2) is 66.1 Å². The maximum Gasteiger partial charge on any atom is 0.254 e. The van der Waals surface area contributed by atoms with Gasteiger partial charge >= 0.3 is 0 Å². The van der Waals surface area contributed by atoms with E-state index in [-0.39, 0.29) is 30.0 Å². The fraction of sp³-hybridized carbons (Fsp3) is 0.200. The molecule has 0 radical (unpaired) electrons. The molecule has 1 aromatic heterocycles. The summed E-state index contributed by atoms with van der Waals surface area (Å²) in [5, 5.41) is -0.671. The topological polar surface area (TPSA) is 81.5 Å². The molecule has 0 bridgehead atoms. The first-order valence-electron chi connectivity index (χ1n) is 8.88. The van der Waals surface area contributed by atoms with Crippen molar-refractivity contribution < 1.29 is 22.3 Å². The molecule has 0 N–H and O–H groups in total. The van der Waals surface area contributed by atoms with Gasteiger partial charge in [-0.1, -0.05) is 6.07 Å². The summed E-state index contributed by atoms with van der Waals surface area (Å²) >= 11 is 0. The molecule has 2 heterocycles. The first kappa shape index (κ1) is 19.1. The van der Waals surface area contributed by atoms with E-state index in [2.05, 4.69) is 4.98 Å². The van der Waals surface area contributed by atoms with Crippen molar-refractivity contribution in [2.45, 2.75) is 10.4 Å². The third-order valence-electron chi connectivity index (χ3n) is 4.74. The largest absolute Gasteiger partial charge is 0.457 e. The standard InChI is InChI=1S/C20H18FN3O4S/c1-23-10-9-22-20(23)29(26,27)18-12-24(13-18)19(25)14-3-2-4-17(11-14)28-16-7-5-15(21)6-8-16/h2-11,18H,12-13H2,1H3. The molecular weight excluding hydrogens is 397 g/mol. The number of hydrogen-bond donors (Lipinski definition) is 0. The lowest BCUT2D eigenvalue weighted by Crippen LogP contribution is -2.57. The summed E-state index contributed by atoms with van der Waals surface area (Å²) in [5.74, 6) is 0.233. The minimum Gasteiger partial charge on any atom is -0.457 e. The van der Waals surface area contributed by atoms with E-state index in [1.165, 1.54) is 39.9 Å². The number of imidazole rings is 1. The normalized spacial score (nSPS) is 14.5. The highest BCUT2D eigenvalue weighted by molar-refractivity contribution is 7.92. The van der Waals surface area contributed by atoms with Gasteiger partial charge in [0, 0.05) is 38.1 Å². The molecule has 0 unspecified atom stereocenters. The van der Waals surface area contributed by atoms with Gasteiger partial charge in [0.15, 0.2) is 0 Å². The van der Waals surface area contributed by atoms with Crippen molar-refractivity contribution in [1.29, 1.82) is 0 Å². The van der Waals surface area contributed by atoms with E-state index in [1.54, 1.807) is 37.5 Å². The number of ether oxygens (including phenoxy) is 1. The van der Waals surface area contributed by atoms with Crippen LogP contribution in [0.3, 0.4) is 0 Å². The molecule has 2 aromatic carbocycles. The number of amides is 1. The van der Waals surface area contributed by atoms with Gasteiger partial charge in [-0.3, -0.25) is 4.79 Å². The molecule has 0 atom stereocenters. The third kappa shape index (κ3) is 3.73. The molecule has 29 heavy (non-hydrogen) atoms. The fourth-order valence-corrected chi connectivity index (χ4v) is 4.81. The Labute approximate surface area is 167 Å². The number of aryl methyl sites for hydroxylation is 1. The summed E-state index contributed by atoms with van der Waals surface area (Å²) in [5.41, 5.74) is 0.387. The molecule has 9 heteroatoms. The highest BCUT2D eigenvalue weighted by atomic mass is 32.2. The van der Waals surface area contributed by atoms with Gasteiger partial charge in [0.2, 0.25) is 15.0 Å². The van der Waals surface area contributed by atoms with Crippen LogP contribution in [0, 0.1) is 5.82 Å². The van der Waals surface area contributed by atoms with Crippen molar-refractivity contribution in [2.75, 3.05) is 13.1 Å². The number of benzene rings is 2. The Morgan fingerprint density at radius 1 is 1.14 bits per heavy atom. The van der Waals surface area contributed by atoms with Crippen LogP contribution in [-0.4, -0.2) is 47.1 Å². The number of carbonyl (C=O) groups excluding carboxylic acids is 1. The van der Waals surface area contributed by atoms with E-state index in [0.717, 1.165) is 0 Å². The Balaban J connectivity index is 1.43. The molecule has 0 spiro atoms. The van der Waals surface area contributed by atoms with Crippen LogP contribution >= 0.6 is 0 Å². The van der Waals surface area contributed by atoms with Crippen molar-refractivity contribution >= 4 is 15.7 Å². The summed E-state index contributed by atoms with van der Waals surface area (Å²) in [6.45, 7) is 0.216. The van der Waals surface area contributed by atoms with Gasteiger partial charge in [-0.25, -0.2) is 17.8 Å². The lowest BCUT2D eigenvalue weighted by molar-refractivity contribution is 0.0658. The Bertz CT molecular complexity index is 1150. The molecule has 1 aliphatic heterocycles. The quantitative estimate of drug-likeness (QED) is 0.640. The van der Waals surface area contributed by atoms with E-state index in [9.17, 15) is 17.6 Å².